The molecule has 1 aromatic heterocycles. The van der Waals surface area contributed by atoms with E-state index in [0.29, 0.717) is 9.99 Å². The normalized spacial score (nSPS) is 11.4. The summed E-state index contributed by atoms with van der Waals surface area (Å²) in [5.41, 5.74) is 0. The summed E-state index contributed by atoms with van der Waals surface area (Å²) >= 11 is 1.07. The van der Waals surface area contributed by atoms with E-state index in [2.05, 4.69) is 0 Å². The van der Waals surface area contributed by atoms with Crippen molar-refractivity contribution in [3.8, 4) is 0 Å². The summed E-state index contributed by atoms with van der Waals surface area (Å²) < 4.78 is 28.3. The average Bonchev–Trinajstić information content (AvgIpc) is 2.77. The number of hydrogen-bond donors (Lipinski definition) is 1. The Morgan fingerprint density at radius 3 is 2.47 bits per heavy atom. The molecular weight excluding hydrogens is 288 g/mol. The Morgan fingerprint density at radius 1 is 1.21 bits per heavy atom. The summed E-state index contributed by atoms with van der Waals surface area (Å²) in [6.45, 7) is 0. The van der Waals surface area contributed by atoms with Crippen LogP contribution in [0.4, 0.5) is 0 Å². The number of carboxylic acid groups (broad SMARTS) is 1. The molecule has 0 aliphatic rings. The first-order valence-electron chi connectivity index (χ1n) is 5.18. The third-order valence-electron chi connectivity index (χ3n) is 2.25. The SMILES string of the molecule is CS(=O)(=O)c1ccccc1Sc1ccc(C(=O)O)o1. The van der Waals surface area contributed by atoms with Crippen molar-refractivity contribution >= 4 is 27.6 Å². The number of carboxylic acids is 1. The van der Waals surface area contributed by atoms with Crippen LogP contribution < -0.4 is 0 Å². The van der Waals surface area contributed by atoms with Gasteiger partial charge in [0.25, 0.3) is 0 Å². The first-order chi connectivity index (χ1) is 8.88. The molecular formula is C12H10O5S2. The molecule has 1 aromatic carbocycles. The van der Waals surface area contributed by atoms with Crippen molar-refractivity contribution < 1.29 is 22.7 Å². The highest BCUT2D eigenvalue weighted by atomic mass is 32.2. The molecule has 0 unspecified atom stereocenters. The fourth-order valence-electron chi connectivity index (χ4n) is 1.44. The second-order valence-corrected chi connectivity index (χ2v) is 6.78. The topological polar surface area (TPSA) is 84.6 Å². The maximum absolute atomic E-state index is 11.6. The van der Waals surface area contributed by atoms with Gasteiger partial charge < -0.3 is 9.52 Å². The molecule has 100 valence electrons. The van der Waals surface area contributed by atoms with Gasteiger partial charge in [0.1, 0.15) is 0 Å². The second kappa shape index (κ2) is 5.10. The molecule has 2 rings (SSSR count). The Labute approximate surface area is 114 Å². The van der Waals surface area contributed by atoms with Crippen LogP contribution in [0.25, 0.3) is 0 Å². The molecule has 0 aliphatic heterocycles. The zero-order chi connectivity index (χ0) is 14.0. The van der Waals surface area contributed by atoms with Gasteiger partial charge in [-0.2, -0.15) is 0 Å². The van der Waals surface area contributed by atoms with Gasteiger partial charge in [0.2, 0.25) is 5.76 Å². The highest BCUT2D eigenvalue weighted by molar-refractivity contribution is 8.00. The minimum absolute atomic E-state index is 0.181. The van der Waals surface area contributed by atoms with Crippen LogP contribution in [-0.4, -0.2) is 25.7 Å². The van der Waals surface area contributed by atoms with Gasteiger partial charge in [0.15, 0.2) is 14.9 Å². The second-order valence-electron chi connectivity index (χ2n) is 3.74. The van der Waals surface area contributed by atoms with E-state index in [4.69, 9.17) is 9.52 Å². The molecule has 7 heteroatoms. The lowest BCUT2D eigenvalue weighted by molar-refractivity contribution is 0.0656. The lowest BCUT2D eigenvalue weighted by Gasteiger charge is -2.05. The molecule has 0 aliphatic carbocycles. The molecule has 2 aromatic rings. The molecule has 1 N–H and O–H groups in total. The molecule has 0 spiro atoms. The van der Waals surface area contributed by atoms with Crippen LogP contribution in [0.3, 0.4) is 0 Å². The van der Waals surface area contributed by atoms with Crippen molar-refractivity contribution in [2.75, 3.05) is 6.26 Å². The molecule has 19 heavy (non-hydrogen) atoms. The van der Waals surface area contributed by atoms with Crippen LogP contribution in [0.1, 0.15) is 10.6 Å². The van der Waals surface area contributed by atoms with Crippen LogP contribution in [-0.2, 0) is 9.84 Å². The Balaban J connectivity index is 2.36. The summed E-state index contributed by atoms with van der Waals surface area (Å²) in [7, 11) is -3.34. The summed E-state index contributed by atoms with van der Waals surface area (Å²) in [5, 5.41) is 9.08. The Kier molecular flexibility index (Phi) is 3.68. The summed E-state index contributed by atoms with van der Waals surface area (Å²) in [6, 6.07) is 9.30. The van der Waals surface area contributed by atoms with Gasteiger partial charge in [0, 0.05) is 11.2 Å². The lowest BCUT2D eigenvalue weighted by Crippen LogP contribution is -1.98. The van der Waals surface area contributed by atoms with Crippen molar-refractivity contribution in [1.29, 1.82) is 0 Å². The quantitative estimate of drug-likeness (QED) is 0.933. The number of sulfone groups is 1. The van der Waals surface area contributed by atoms with Crippen molar-refractivity contribution in [3.63, 3.8) is 0 Å². The Hall–Kier alpha value is -1.73. The monoisotopic (exact) mass is 298 g/mol. The number of rotatable bonds is 4. The number of furan rings is 1. The Morgan fingerprint density at radius 2 is 1.89 bits per heavy atom. The van der Waals surface area contributed by atoms with E-state index >= 15 is 0 Å². The fourth-order valence-corrected chi connectivity index (χ4v) is 3.58. The van der Waals surface area contributed by atoms with Gasteiger partial charge in [-0.1, -0.05) is 23.9 Å². The molecule has 0 bridgehead atoms. The molecule has 0 saturated heterocycles. The van der Waals surface area contributed by atoms with Crippen molar-refractivity contribution in [3.05, 3.63) is 42.2 Å². The lowest BCUT2D eigenvalue weighted by atomic mass is 10.4. The van der Waals surface area contributed by atoms with Gasteiger partial charge in [-0.3, -0.25) is 0 Å². The molecule has 0 saturated carbocycles. The third kappa shape index (κ3) is 3.18. The third-order valence-corrected chi connectivity index (χ3v) is 4.53. The standard InChI is InChI=1S/C12H10O5S2/c1-19(15,16)10-5-3-2-4-9(10)18-11-7-6-8(17-11)12(13)14/h2-7H,1H3,(H,13,14). The first kappa shape index (κ1) is 13.7. The number of hydrogen-bond acceptors (Lipinski definition) is 5. The van der Waals surface area contributed by atoms with E-state index in [9.17, 15) is 13.2 Å². The molecule has 0 atom stereocenters. The predicted octanol–water partition coefficient (Wildman–Crippen LogP) is 2.53. The highest BCUT2D eigenvalue weighted by Gasteiger charge is 2.16. The van der Waals surface area contributed by atoms with Crippen molar-refractivity contribution in [2.45, 2.75) is 14.9 Å². The average molecular weight is 298 g/mol. The smallest absolute Gasteiger partial charge is 0.371 e. The van der Waals surface area contributed by atoms with Gasteiger partial charge in [-0.25, -0.2) is 13.2 Å². The van der Waals surface area contributed by atoms with Gasteiger partial charge >= 0.3 is 5.97 Å². The first-order valence-corrected chi connectivity index (χ1v) is 7.89. The Bertz CT molecular complexity index is 715. The minimum atomic E-state index is -3.34. The molecule has 1 heterocycles. The van der Waals surface area contributed by atoms with E-state index in [0.717, 1.165) is 18.0 Å². The highest BCUT2D eigenvalue weighted by Crippen LogP contribution is 2.33. The number of benzene rings is 1. The van der Waals surface area contributed by atoms with Crippen LogP contribution in [0.5, 0.6) is 0 Å². The maximum atomic E-state index is 11.6. The molecule has 0 radical (unpaired) electrons. The number of aromatic carboxylic acids is 1. The van der Waals surface area contributed by atoms with E-state index < -0.39 is 15.8 Å². The van der Waals surface area contributed by atoms with Gasteiger partial charge in [-0.05, 0) is 24.3 Å². The van der Waals surface area contributed by atoms with E-state index in [1.807, 2.05) is 0 Å². The van der Waals surface area contributed by atoms with Crippen molar-refractivity contribution in [2.24, 2.45) is 0 Å². The zero-order valence-corrected chi connectivity index (χ0v) is 11.5. The van der Waals surface area contributed by atoms with Crippen molar-refractivity contribution in [1.82, 2.24) is 0 Å². The predicted molar refractivity (Wildman–Crippen MR) is 69.3 cm³/mol. The van der Waals surface area contributed by atoms with E-state index in [1.165, 1.54) is 18.2 Å². The zero-order valence-electron chi connectivity index (χ0n) is 9.86. The van der Waals surface area contributed by atoms with E-state index in [-0.39, 0.29) is 10.7 Å². The van der Waals surface area contributed by atoms with E-state index in [1.54, 1.807) is 18.2 Å². The fraction of sp³-hybridized carbons (Fsp3) is 0.0833. The maximum Gasteiger partial charge on any atom is 0.371 e. The van der Waals surface area contributed by atoms with Gasteiger partial charge in [0.05, 0.1) is 4.90 Å². The van der Waals surface area contributed by atoms with Crippen LogP contribution in [0, 0.1) is 0 Å². The summed E-state index contributed by atoms with van der Waals surface area (Å²) in [5.74, 6) is -1.34. The minimum Gasteiger partial charge on any atom is -0.475 e. The summed E-state index contributed by atoms with van der Waals surface area (Å²) in [6.07, 6.45) is 1.12. The van der Waals surface area contributed by atoms with Crippen LogP contribution in [0.2, 0.25) is 0 Å². The molecule has 0 fully saturated rings. The summed E-state index contributed by atoms with van der Waals surface area (Å²) in [4.78, 5) is 11.4. The molecule has 5 nitrogen and oxygen atoms in total. The molecule has 0 amide bonds. The van der Waals surface area contributed by atoms with Gasteiger partial charge in [-0.15, -0.1) is 0 Å². The largest absolute Gasteiger partial charge is 0.475 e. The van der Waals surface area contributed by atoms with Crippen LogP contribution >= 0.6 is 11.8 Å². The number of carbonyl (C=O) groups is 1. The van der Waals surface area contributed by atoms with Crippen LogP contribution in [0.15, 0.2) is 55.7 Å².